The Balaban J connectivity index is 2.25. The van der Waals surface area contributed by atoms with Gasteiger partial charge in [0.25, 0.3) is 0 Å². The average Bonchev–Trinajstić information content (AvgIpc) is 2.69. The second-order valence-electron chi connectivity index (χ2n) is 5.04. The quantitative estimate of drug-likeness (QED) is 0.673. The van der Waals surface area contributed by atoms with Crippen LogP contribution in [0.25, 0.3) is 22.4 Å². The van der Waals surface area contributed by atoms with Gasteiger partial charge in [0, 0.05) is 18.3 Å². The molecule has 19 heavy (non-hydrogen) atoms. The van der Waals surface area contributed by atoms with Gasteiger partial charge in [-0.3, -0.25) is 0 Å². The summed E-state index contributed by atoms with van der Waals surface area (Å²) in [5.74, 6) is 0.972. The van der Waals surface area contributed by atoms with E-state index in [2.05, 4.69) is 37.6 Å². The smallest absolute Gasteiger partial charge is 0.140 e. The summed E-state index contributed by atoms with van der Waals surface area (Å²) in [4.78, 5) is 4.74. The zero-order valence-electron chi connectivity index (χ0n) is 11.4. The number of imidazole rings is 1. The molecule has 2 N–H and O–H groups in total. The highest BCUT2D eigenvalue weighted by Gasteiger charge is 2.10. The van der Waals surface area contributed by atoms with Gasteiger partial charge in [0.15, 0.2) is 0 Å². The van der Waals surface area contributed by atoms with Crippen LogP contribution in [-0.4, -0.2) is 9.55 Å². The molecule has 0 radical (unpaired) electrons. The highest BCUT2D eigenvalue weighted by molar-refractivity contribution is 5.82. The second-order valence-corrected chi connectivity index (χ2v) is 5.04. The molecule has 3 aromatic rings. The van der Waals surface area contributed by atoms with Crippen LogP contribution in [-0.2, 0) is 7.05 Å². The number of nitrogen functional groups attached to an aromatic ring is 1. The third-order valence-corrected chi connectivity index (χ3v) is 3.67. The molecule has 0 saturated carbocycles. The fourth-order valence-corrected chi connectivity index (χ4v) is 2.34. The van der Waals surface area contributed by atoms with Gasteiger partial charge in [-0.1, -0.05) is 0 Å². The minimum absolute atomic E-state index is 0.772. The maximum Gasteiger partial charge on any atom is 0.140 e. The van der Waals surface area contributed by atoms with Gasteiger partial charge >= 0.3 is 0 Å². The van der Waals surface area contributed by atoms with Crippen molar-refractivity contribution in [1.82, 2.24) is 9.55 Å². The summed E-state index contributed by atoms with van der Waals surface area (Å²) in [5, 5.41) is 0. The number of fused-ring (bicyclic) bond motifs is 1. The number of hydrogen-bond acceptors (Lipinski definition) is 2. The predicted octanol–water partition coefficient (Wildman–Crippen LogP) is 3.44. The van der Waals surface area contributed by atoms with E-state index in [1.54, 1.807) is 0 Å². The van der Waals surface area contributed by atoms with E-state index < -0.39 is 0 Å². The summed E-state index contributed by atoms with van der Waals surface area (Å²) < 4.78 is 2.13. The number of aryl methyl sites for hydroxylation is 3. The van der Waals surface area contributed by atoms with E-state index in [4.69, 9.17) is 10.7 Å². The van der Waals surface area contributed by atoms with E-state index in [-0.39, 0.29) is 0 Å². The number of rotatable bonds is 1. The first-order valence-corrected chi connectivity index (χ1v) is 6.36. The third kappa shape index (κ3) is 1.87. The monoisotopic (exact) mass is 251 g/mol. The maximum atomic E-state index is 5.73. The lowest BCUT2D eigenvalue weighted by molar-refractivity contribution is 0.958. The first-order chi connectivity index (χ1) is 9.06. The fraction of sp³-hybridized carbons (Fsp3) is 0.188. The minimum Gasteiger partial charge on any atom is -0.399 e. The summed E-state index contributed by atoms with van der Waals surface area (Å²) in [6.45, 7) is 4.25. The van der Waals surface area contributed by atoms with Gasteiger partial charge in [-0.2, -0.15) is 0 Å². The van der Waals surface area contributed by atoms with E-state index in [9.17, 15) is 0 Å². The SMILES string of the molecule is Cc1cc2nc(-c3ccc(N)cc3)n(C)c2cc1C. The molecule has 0 saturated heterocycles. The van der Waals surface area contributed by atoms with E-state index in [1.165, 1.54) is 11.1 Å². The van der Waals surface area contributed by atoms with Crippen LogP contribution < -0.4 is 5.73 Å². The molecule has 1 heterocycles. The van der Waals surface area contributed by atoms with Gasteiger partial charge in [0.05, 0.1) is 11.0 Å². The van der Waals surface area contributed by atoms with Crippen molar-refractivity contribution in [3.8, 4) is 11.4 Å². The highest BCUT2D eigenvalue weighted by Crippen LogP contribution is 2.26. The molecule has 0 atom stereocenters. The number of benzene rings is 2. The van der Waals surface area contributed by atoms with E-state index >= 15 is 0 Å². The van der Waals surface area contributed by atoms with Crippen LogP contribution in [0.2, 0.25) is 0 Å². The summed E-state index contributed by atoms with van der Waals surface area (Å²) >= 11 is 0. The number of anilines is 1. The Morgan fingerprint density at radius 3 is 2.32 bits per heavy atom. The van der Waals surface area contributed by atoms with Crippen molar-refractivity contribution in [1.29, 1.82) is 0 Å². The van der Waals surface area contributed by atoms with Crippen LogP contribution in [0.1, 0.15) is 11.1 Å². The van der Waals surface area contributed by atoms with Crippen molar-refractivity contribution in [2.24, 2.45) is 7.05 Å². The summed E-state index contributed by atoms with van der Waals surface area (Å²) in [6.07, 6.45) is 0. The van der Waals surface area contributed by atoms with Crippen LogP contribution in [0.5, 0.6) is 0 Å². The van der Waals surface area contributed by atoms with Gasteiger partial charge < -0.3 is 10.3 Å². The molecule has 0 aliphatic rings. The van der Waals surface area contributed by atoms with E-state index in [0.717, 1.165) is 28.1 Å². The molecule has 1 aromatic heterocycles. The zero-order valence-corrected chi connectivity index (χ0v) is 11.4. The van der Waals surface area contributed by atoms with Crippen molar-refractivity contribution in [3.63, 3.8) is 0 Å². The third-order valence-electron chi connectivity index (χ3n) is 3.67. The second kappa shape index (κ2) is 4.12. The molecule has 0 fully saturated rings. The van der Waals surface area contributed by atoms with Crippen LogP contribution in [0.15, 0.2) is 36.4 Å². The Hall–Kier alpha value is -2.29. The van der Waals surface area contributed by atoms with Gasteiger partial charge in [-0.15, -0.1) is 0 Å². The molecule has 0 spiro atoms. The number of nitrogens with zero attached hydrogens (tertiary/aromatic N) is 2. The molecule has 3 nitrogen and oxygen atoms in total. The lowest BCUT2D eigenvalue weighted by Gasteiger charge is -2.03. The Kier molecular flexibility index (Phi) is 2.56. The summed E-state index contributed by atoms with van der Waals surface area (Å²) in [5.41, 5.74) is 12.4. The topological polar surface area (TPSA) is 43.8 Å². The van der Waals surface area contributed by atoms with Crippen LogP contribution in [0.3, 0.4) is 0 Å². The number of hydrogen-bond donors (Lipinski definition) is 1. The molecule has 3 heteroatoms. The fourth-order valence-electron chi connectivity index (χ4n) is 2.34. The largest absolute Gasteiger partial charge is 0.399 e. The standard InChI is InChI=1S/C16H17N3/c1-10-8-14-15(9-11(10)2)19(3)16(18-14)12-4-6-13(17)7-5-12/h4-9H,17H2,1-3H3. The lowest BCUT2D eigenvalue weighted by Crippen LogP contribution is -1.93. The Morgan fingerprint density at radius 1 is 1.00 bits per heavy atom. The normalized spacial score (nSPS) is 11.1. The van der Waals surface area contributed by atoms with Crippen molar-refractivity contribution in [3.05, 3.63) is 47.5 Å². The molecule has 0 bridgehead atoms. The zero-order chi connectivity index (χ0) is 13.6. The van der Waals surface area contributed by atoms with Gasteiger partial charge in [-0.25, -0.2) is 4.98 Å². The van der Waals surface area contributed by atoms with Gasteiger partial charge in [-0.05, 0) is 61.4 Å². The molecule has 0 aliphatic carbocycles. The average molecular weight is 251 g/mol. The van der Waals surface area contributed by atoms with Crippen molar-refractivity contribution < 1.29 is 0 Å². The number of aromatic nitrogens is 2. The predicted molar refractivity (Wildman–Crippen MR) is 80.0 cm³/mol. The minimum atomic E-state index is 0.772. The molecular weight excluding hydrogens is 234 g/mol. The van der Waals surface area contributed by atoms with E-state index in [0.29, 0.717) is 0 Å². The Bertz CT molecular complexity index is 752. The molecule has 0 unspecified atom stereocenters. The Morgan fingerprint density at radius 2 is 1.63 bits per heavy atom. The lowest BCUT2D eigenvalue weighted by atomic mass is 10.1. The van der Waals surface area contributed by atoms with Gasteiger partial charge in [0.1, 0.15) is 5.82 Å². The van der Waals surface area contributed by atoms with Gasteiger partial charge in [0.2, 0.25) is 0 Å². The first-order valence-electron chi connectivity index (χ1n) is 6.36. The van der Waals surface area contributed by atoms with Crippen molar-refractivity contribution >= 4 is 16.7 Å². The first kappa shape index (κ1) is 11.8. The number of nitrogens with two attached hydrogens (primary N) is 1. The maximum absolute atomic E-state index is 5.73. The van der Waals surface area contributed by atoms with Crippen molar-refractivity contribution in [2.75, 3.05) is 5.73 Å². The molecule has 3 rings (SSSR count). The van der Waals surface area contributed by atoms with E-state index in [1.807, 2.05) is 24.3 Å². The summed E-state index contributed by atoms with van der Waals surface area (Å²) in [6, 6.07) is 12.2. The van der Waals surface area contributed by atoms with Crippen LogP contribution in [0, 0.1) is 13.8 Å². The molecule has 2 aromatic carbocycles. The molecule has 0 amide bonds. The van der Waals surface area contributed by atoms with Crippen LogP contribution in [0.4, 0.5) is 5.69 Å². The molecule has 96 valence electrons. The van der Waals surface area contributed by atoms with Crippen molar-refractivity contribution in [2.45, 2.75) is 13.8 Å². The van der Waals surface area contributed by atoms with Crippen LogP contribution >= 0.6 is 0 Å². The highest BCUT2D eigenvalue weighted by atomic mass is 15.1. The Labute approximate surface area is 112 Å². The molecule has 0 aliphatic heterocycles. The molecular formula is C16H17N3. The summed E-state index contributed by atoms with van der Waals surface area (Å²) in [7, 11) is 2.05.